The zero-order valence-electron chi connectivity index (χ0n) is 15.1. The van der Waals surface area contributed by atoms with Crippen molar-refractivity contribution in [1.82, 2.24) is 4.98 Å². The summed E-state index contributed by atoms with van der Waals surface area (Å²) in [5, 5.41) is 7.11. The molecule has 0 fully saturated rings. The molecule has 0 aliphatic rings. The molecule has 0 radical (unpaired) electrons. The van der Waals surface area contributed by atoms with Crippen molar-refractivity contribution in [2.75, 3.05) is 12.5 Å². The number of hydrazone groups is 1. The zero-order chi connectivity index (χ0) is 18.7. The lowest BCUT2D eigenvalue weighted by atomic mass is 9.98. The fourth-order valence-electron chi connectivity index (χ4n) is 2.95. The van der Waals surface area contributed by atoms with Gasteiger partial charge in [-0.25, -0.2) is 4.98 Å². The van der Waals surface area contributed by atoms with Gasteiger partial charge in [-0.15, -0.1) is 11.3 Å². The predicted octanol–water partition coefficient (Wildman–Crippen LogP) is 5.95. The maximum atomic E-state index is 5.23. The highest BCUT2D eigenvalue weighted by Crippen LogP contribution is 2.31. The summed E-state index contributed by atoms with van der Waals surface area (Å²) in [6, 6.07) is 10.2. The molecular formula is C20H20BrN3OS. The van der Waals surface area contributed by atoms with E-state index in [1.54, 1.807) is 24.7 Å². The molecule has 0 bridgehead atoms. The molecule has 0 aliphatic heterocycles. The molecule has 3 rings (SSSR count). The molecule has 134 valence electrons. The highest BCUT2D eigenvalue weighted by atomic mass is 79.9. The Morgan fingerprint density at radius 1 is 1.15 bits per heavy atom. The number of halogens is 1. The fraction of sp³-hybridized carbons (Fsp3) is 0.200. The van der Waals surface area contributed by atoms with Crippen LogP contribution in [0.5, 0.6) is 5.75 Å². The van der Waals surface area contributed by atoms with Crippen molar-refractivity contribution in [3.8, 4) is 17.0 Å². The monoisotopic (exact) mass is 429 g/mol. The number of hydrogen-bond donors (Lipinski definition) is 1. The van der Waals surface area contributed by atoms with Crippen molar-refractivity contribution in [3.63, 3.8) is 0 Å². The maximum Gasteiger partial charge on any atom is 0.203 e. The van der Waals surface area contributed by atoms with Crippen LogP contribution in [0.4, 0.5) is 5.13 Å². The second kappa shape index (κ2) is 8.01. The van der Waals surface area contributed by atoms with Gasteiger partial charge in [-0.1, -0.05) is 17.7 Å². The van der Waals surface area contributed by atoms with E-state index in [2.05, 4.69) is 69.7 Å². The molecule has 0 atom stereocenters. The Labute approximate surface area is 166 Å². The third-order valence-electron chi connectivity index (χ3n) is 3.99. The van der Waals surface area contributed by atoms with E-state index in [0.29, 0.717) is 0 Å². The van der Waals surface area contributed by atoms with Crippen LogP contribution in [0.1, 0.15) is 22.3 Å². The first kappa shape index (κ1) is 18.6. The van der Waals surface area contributed by atoms with Gasteiger partial charge in [0.25, 0.3) is 0 Å². The summed E-state index contributed by atoms with van der Waals surface area (Å²) >= 11 is 5.02. The molecule has 0 amide bonds. The number of benzene rings is 2. The Bertz CT molecular complexity index is 942. The van der Waals surface area contributed by atoms with Crippen molar-refractivity contribution in [2.45, 2.75) is 20.8 Å². The van der Waals surface area contributed by atoms with Crippen LogP contribution in [0, 0.1) is 20.8 Å². The van der Waals surface area contributed by atoms with Crippen LogP contribution in [-0.2, 0) is 0 Å². The highest BCUT2D eigenvalue weighted by molar-refractivity contribution is 9.10. The number of nitrogens with one attached hydrogen (secondary N) is 1. The minimum absolute atomic E-state index is 0.767. The molecule has 4 nitrogen and oxygen atoms in total. The van der Waals surface area contributed by atoms with Gasteiger partial charge < -0.3 is 4.74 Å². The Balaban J connectivity index is 1.74. The third kappa shape index (κ3) is 4.14. The first-order valence-electron chi connectivity index (χ1n) is 8.14. The summed E-state index contributed by atoms with van der Waals surface area (Å²) in [7, 11) is 1.65. The van der Waals surface area contributed by atoms with Crippen molar-refractivity contribution in [3.05, 3.63) is 62.4 Å². The van der Waals surface area contributed by atoms with E-state index in [1.807, 2.05) is 18.2 Å². The van der Waals surface area contributed by atoms with Gasteiger partial charge in [0.15, 0.2) is 0 Å². The van der Waals surface area contributed by atoms with Crippen LogP contribution in [0.3, 0.4) is 0 Å². The summed E-state index contributed by atoms with van der Waals surface area (Å²) in [5.41, 5.74) is 9.91. The molecule has 1 heterocycles. The average Bonchev–Trinajstić information content (AvgIpc) is 3.02. The zero-order valence-corrected chi connectivity index (χ0v) is 17.5. The molecule has 1 N–H and O–H groups in total. The maximum absolute atomic E-state index is 5.23. The van der Waals surface area contributed by atoms with Crippen molar-refractivity contribution < 1.29 is 4.74 Å². The van der Waals surface area contributed by atoms with Crippen molar-refractivity contribution in [1.29, 1.82) is 0 Å². The largest absolute Gasteiger partial charge is 0.496 e. The van der Waals surface area contributed by atoms with E-state index >= 15 is 0 Å². The summed E-state index contributed by atoms with van der Waals surface area (Å²) in [6.07, 6.45) is 1.76. The SMILES string of the molecule is COc1ccc(/C=N\Nc2nc(-c3c(C)cc(C)cc3C)cs2)cc1Br. The summed E-state index contributed by atoms with van der Waals surface area (Å²) in [6.45, 7) is 6.37. The van der Waals surface area contributed by atoms with Crippen LogP contribution >= 0.6 is 27.3 Å². The lowest BCUT2D eigenvalue weighted by molar-refractivity contribution is 0.412. The average molecular weight is 430 g/mol. The number of anilines is 1. The minimum Gasteiger partial charge on any atom is -0.496 e. The van der Waals surface area contributed by atoms with Gasteiger partial charge in [-0.05, 0) is 71.6 Å². The number of aromatic nitrogens is 1. The molecule has 0 aliphatic carbocycles. The summed E-state index contributed by atoms with van der Waals surface area (Å²) in [5.74, 6) is 0.795. The molecule has 0 saturated carbocycles. The molecule has 3 aromatic rings. The number of rotatable bonds is 5. The number of methoxy groups -OCH3 is 1. The Kier molecular flexibility index (Phi) is 5.74. The highest BCUT2D eigenvalue weighted by Gasteiger charge is 2.10. The third-order valence-corrected chi connectivity index (χ3v) is 5.35. The standard InChI is InChI=1S/C20H20BrN3OS/c1-12-7-13(2)19(14(3)8-12)17-11-26-20(23-17)24-22-10-15-5-6-18(25-4)16(21)9-15/h5-11H,1-4H3,(H,23,24)/b22-10-. The molecule has 2 aromatic carbocycles. The number of aryl methyl sites for hydroxylation is 3. The molecule has 26 heavy (non-hydrogen) atoms. The number of nitrogens with zero attached hydrogens (tertiary/aromatic N) is 2. The number of hydrogen-bond acceptors (Lipinski definition) is 5. The van der Waals surface area contributed by atoms with Gasteiger partial charge in [0.2, 0.25) is 5.13 Å². The molecule has 0 saturated heterocycles. The van der Waals surface area contributed by atoms with Crippen molar-refractivity contribution in [2.24, 2.45) is 5.10 Å². The second-order valence-corrected chi connectivity index (χ2v) is 7.79. The Hall–Kier alpha value is -2.18. The number of ether oxygens (including phenoxy) is 1. The topological polar surface area (TPSA) is 46.5 Å². The lowest BCUT2D eigenvalue weighted by Crippen LogP contribution is -1.93. The van der Waals surface area contributed by atoms with Crippen LogP contribution in [0.2, 0.25) is 0 Å². The van der Waals surface area contributed by atoms with E-state index in [4.69, 9.17) is 4.74 Å². The van der Waals surface area contributed by atoms with Gasteiger partial charge >= 0.3 is 0 Å². The van der Waals surface area contributed by atoms with Crippen LogP contribution in [0.15, 0.2) is 45.3 Å². The molecule has 1 aromatic heterocycles. The van der Waals surface area contributed by atoms with Gasteiger partial charge in [0, 0.05) is 10.9 Å². The van der Waals surface area contributed by atoms with Gasteiger partial charge in [0.05, 0.1) is 23.5 Å². The van der Waals surface area contributed by atoms with Crippen LogP contribution in [0.25, 0.3) is 11.3 Å². The molecule has 0 spiro atoms. The first-order valence-corrected chi connectivity index (χ1v) is 9.81. The van der Waals surface area contributed by atoms with Crippen molar-refractivity contribution >= 4 is 38.6 Å². The van der Waals surface area contributed by atoms with Gasteiger partial charge in [-0.2, -0.15) is 5.10 Å². The Morgan fingerprint density at radius 3 is 2.54 bits per heavy atom. The quantitative estimate of drug-likeness (QED) is 0.402. The van der Waals surface area contributed by atoms with E-state index in [9.17, 15) is 0 Å². The second-order valence-electron chi connectivity index (χ2n) is 6.08. The van der Waals surface area contributed by atoms with E-state index in [1.165, 1.54) is 22.3 Å². The first-order chi connectivity index (χ1) is 12.5. The van der Waals surface area contributed by atoms with Crippen LogP contribution < -0.4 is 10.2 Å². The normalized spacial score (nSPS) is 11.1. The lowest BCUT2D eigenvalue weighted by Gasteiger charge is -2.08. The molecule has 6 heteroatoms. The van der Waals surface area contributed by atoms with E-state index in [0.717, 1.165) is 26.6 Å². The van der Waals surface area contributed by atoms with E-state index in [-0.39, 0.29) is 0 Å². The molecule has 0 unspecified atom stereocenters. The Morgan fingerprint density at radius 2 is 1.88 bits per heavy atom. The fourth-order valence-corrected chi connectivity index (χ4v) is 4.16. The smallest absolute Gasteiger partial charge is 0.203 e. The number of thiazole rings is 1. The summed E-state index contributed by atoms with van der Waals surface area (Å²) in [4.78, 5) is 4.67. The van der Waals surface area contributed by atoms with Gasteiger partial charge in [-0.3, -0.25) is 5.43 Å². The van der Waals surface area contributed by atoms with E-state index < -0.39 is 0 Å². The minimum atomic E-state index is 0.767. The van der Waals surface area contributed by atoms with Gasteiger partial charge in [0.1, 0.15) is 5.75 Å². The summed E-state index contributed by atoms with van der Waals surface area (Å²) < 4.78 is 6.12. The molecular weight excluding hydrogens is 410 g/mol. The van der Waals surface area contributed by atoms with Crippen LogP contribution in [-0.4, -0.2) is 18.3 Å². The predicted molar refractivity (Wildman–Crippen MR) is 114 cm³/mol.